The Bertz CT molecular complexity index is 708. The van der Waals surface area contributed by atoms with Gasteiger partial charge in [-0.25, -0.2) is 0 Å². The molecule has 2 nitrogen and oxygen atoms in total. The lowest BCUT2D eigenvalue weighted by molar-refractivity contribution is 0.309. The van der Waals surface area contributed by atoms with Crippen molar-refractivity contribution in [2.24, 2.45) is 0 Å². The first-order valence-corrected chi connectivity index (χ1v) is 6.95. The molecule has 0 aromatic heterocycles. The number of rotatable bonds is 4. The molecule has 21 heavy (non-hydrogen) atoms. The molecule has 0 saturated heterocycles. The van der Waals surface area contributed by atoms with E-state index >= 15 is 0 Å². The van der Waals surface area contributed by atoms with Crippen molar-refractivity contribution in [1.29, 1.82) is 0 Å². The summed E-state index contributed by atoms with van der Waals surface area (Å²) in [6.07, 6.45) is 0. The molecule has 104 valence electrons. The number of ether oxygens (including phenoxy) is 1. The lowest BCUT2D eigenvalue weighted by atomic mass is 10.0. The first kappa shape index (κ1) is 13.3. The molecule has 3 aromatic rings. The van der Waals surface area contributed by atoms with Crippen LogP contribution in [0.25, 0.3) is 11.1 Å². The van der Waals surface area contributed by atoms with Crippen molar-refractivity contribution < 1.29 is 4.74 Å². The van der Waals surface area contributed by atoms with Crippen LogP contribution >= 0.6 is 0 Å². The Morgan fingerprint density at radius 3 is 2.10 bits per heavy atom. The van der Waals surface area contributed by atoms with Crippen molar-refractivity contribution in [1.82, 2.24) is 0 Å². The predicted octanol–water partition coefficient (Wildman–Crippen LogP) is 4.51. The van der Waals surface area contributed by atoms with Gasteiger partial charge in [0.15, 0.2) is 5.75 Å². The molecule has 0 aliphatic carbocycles. The number of nitrogen functional groups attached to an aromatic ring is 1. The van der Waals surface area contributed by atoms with Crippen molar-refractivity contribution in [3.63, 3.8) is 0 Å². The van der Waals surface area contributed by atoms with Crippen LogP contribution in [-0.2, 0) is 6.61 Å². The minimum absolute atomic E-state index is 0.509. The topological polar surface area (TPSA) is 35.2 Å². The quantitative estimate of drug-likeness (QED) is 0.711. The minimum Gasteiger partial charge on any atom is -0.486 e. The molecule has 0 amide bonds. The van der Waals surface area contributed by atoms with Gasteiger partial charge in [0.2, 0.25) is 0 Å². The van der Waals surface area contributed by atoms with E-state index in [2.05, 4.69) is 12.1 Å². The smallest absolute Gasteiger partial charge is 0.150 e. The Hall–Kier alpha value is -2.74. The molecule has 0 aliphatic rings. The van der Waals surface area contributed by atoms with E-state index in [1.54, 1.807) is 0 Å². The van der Waals surface area contributed by atoms with Crippen molar-refractivity contribution in [2.45, 2.75) is 6.61 Å². The molecule has 0 heterocycles. The van der Waals surface area contributed by atoms with E-state index in [1.165, 1.54) is 0 Å². The molecule has 0 radical (unpaired) electrons. The van der Waals surface area contributed by atoms with E-state index < -0.39 is 0 Å². The van der Waals surface area contributed by atoms with Gasteiger partial charge in [0.1, 0.15) is 6.61 Å². The summed E-state index contributed by atoms with van der Waals surface area (Å²) in [5.41, 5.74) is 10.0. The molecule has 0 saturated carbocycles. The summed E-state index contributed by atoms with van der Waals surface area (Å²) in [7, 11) is 0. The van der Waals surface area contributed by atoms with Crippen LogP contribution < -0.4 is 10.5 Å². The number of anilines is 1. The predicted molar refractivity (Wildman–Crippen MR) is 87.1 cm³/mol. The highest BCUT2D eigenvalue weighted by Gasteiger charge is 2.09. The van der Waals surface area contributed by atoms with Crippen molar-refractivity contribution >= 4 is 5.69 Å². The third-order valence-corrected chi connectivity index (χ3v) is 3.36. The maximum Gasteiger partial charge on any atom is 0.150 e. The summed E-state index contributed by atoms with van der Waals surface area (Å²) in [4.78, 5) is 0. The number of nitrogens with two attached hydrogens (primary N) is 1. The molecule has 2 N–H and O–H groups in total. The number of para-hydroxylation sites is 1. The number of benzene rings is 3. The zero-order valence-corrected chi connectivity index (χ0v) is 11.7. The van der Waals surface area contributed by atoms with Crippen LogP contribution in [0.3, 0.4) is 0 Å². The third kappa shape index (κ3) is 3.06. The third-order valence-electron chi connectivity index (χ3n) is 3.36. The molecule has 2 heteroatoms. The van der Waals surface area contributed by atoms with Gasteiger partial charge >= 0.3 is 0 Å². The molecule has 0 aliphatic heterocycles. The van der Waals surface area contributed by atoms with E-state index in [4.69, 9.17) is 10.5 Å². The van der Waals surface area contributed by atoms with Crippen LogP contribution in [0.4, 0.5) is 5.69 Å². The summed E-state index contributed by atoms with van der Waals surface area (Å²) in [6, 6.07) is 26.1. The summed E-state index contributed by atoms with van der Waals surface area (Å²) < 4.78 is 5.98. The van der Waals surface area contributed by atoms with Gasteiger partial charge in [0.05, 0.1) is 5.69 Å². The Balaban J connectivity index is 1.91. The summed E-state index contributed by atoms with van der Waals surface area (Å²) in [6.45, 7) is 0.509. The zero-order chi connectivity index (χ0) is 14.5. The Labute approximate surface area is 124 Å². The van der Waals surface area contributed by atoms with E-state index in [9.17, 15) is 0 Å². The summed E-state index contributed by atoms with van der Waals surface area (Å²) in [5, 5.41) is 0. The van der Waals surface area contributed by atoms with Gasteiger partial charge in [-0.15, -0.1) is 0 Å². The zero-order valence-electron chi connectivity index (χ0n) is 11.7. The number of hydrogen-bond acceptors (Lipinski definition) is 2. The largest absolute Gasteiger partial charge is 0.486 e. The first-order chi connectivity index (χ1) is 10.3. The fourth-order valence-corrected chi connectivity index (χ4v) is 2.29. The highest BCUT2D eigenvalue weighted by Crippen LogP contribution is 2.35. The fourth-order valence-electron chi connectivity index (χ4n) is 2.29. The maximum absolute atomic E-state index is 6.10. The molecule has 3 rings (SSSR count). The van der Waals surface area contributed by atoms with Crippen LogP contribution in [-0.4, -0.2) is 0 Å². The van der Waals surface area contributed by atoms with Gasteiger partial charge in [-0.3, -0.25) is 0 Å². The Morgan fingerprint density at radius 2 is 1.38 bits per heavy atom. The average molecular weight is 275 g/mol. The van der Waals surface area contributed by atoms with E-state index in [1.807, 2.05) is 66.7 Å². The SMILES string of the molecule is Nc1cccc(-c2ccccc2)c1OCc1ccccc1. The molecule has 0 atom stereocenters. The molecule has 3 aromatic carbocycles. The second-order valence-electron chi connectivity index (χ2n) is 4.86. The van der Waals surface area contributed by atoms with Crippen LogP contribution in [0, 0.1) is 0 Å². The molecular weight excluding hydrogens is 258 g/mol. The van der Waals surface area contributed by atoms with Crippen molar-refractivity contribution in [2.75, 3.05) is 5.73 Å². The monoisotopic (exact) mass is 275 g/mol. The number of hydrogen-bond donors (Lipinski definition) is 1. The highest BCUT2D eigenvalue weighted by molar-refractivity contribution is 5.77. The van der Waals surface area contributed by atoms with Gasteiger partial charge in [0, 0.05) is 5.56 Å². The van der Waals surface area contributed by atoms with E-state index in [-0.39, 0.29) is 0 Å². The summed E-state index contributed by atoms with van der Waals surface area (Å²) >= 11 is 0. The van der Waals surface area contributed by atoms with Gasteiger partial charge in [0.25, 0.3) is 0 Å². The van der Waals surface area contributed by atoms with Crippen LogP contribution in [0.15, 0.2) is 78.9 Å². The van der Waals surface area contributed by atoms with Crippen molar-refractivity contribution in [3.05, 3.63) is 84.4 Å². The van der Waals surface area contributed by atoms with Gasteiger partial charge in [-0.05, 0) is 17.2 Å². The van der Waals surface area contributed by atoms with Crippen LogP contribution in [0.5, 0.6) is 5.75 Å². The Kier molecular flexibility index (Phi) is 3.88. The first-order valence-electron chi connectivity index (χ1n) is 6.95. The minimum atomic E-state index is 0.509. The highest BCUT2D eigenvalue weighted by atomic mass is 16.5. The van der Waals surface area contributed by atoms with Crippen LogP contribution in [0.1, 0.15) is 5.56 Å². The Morgan fingerprint density at radius 1 is 0.714 bits per heavy atom. The molecule has 0 bridgehead atoms. The average Bonchev–Trinajstić information content (AvgIpc) is 2.55. The standard InChI is InChI=1S/C19H17NO/c20-18-13-7-12-17(16-10-5-2-6-11-16)19(18)21-14-15-8-3-1-4-9-15/h1-13H,14,20H2. The molecule has 0 fully saturated rings. The maximum atomic E-state index is 6.10. The second-order valence-corrected chi connectivity index (χ2v) is 4.86. The van der Waals surface area contributed by atoms with Crippen molar-refractivity contribution in [3.8, 4) is 16.9 Å². The molecule has 0 unspecified atom stereocenters. The van der Waals surface area contributed by atoms with E-state index in [0.717, 1.165) is 22.4 Å². The van der Waals surface area contributed by atoms with Gasteiger partial charge < -0.3 is 10.5 Å². The normalized spacial score (nSPS) is 10.3. The second kappa shape index (κ2) is 6.14. The van der Waals surface area contributed by atoms with Gasteiger partial charge in [-0.1, -0.05) is 72.8 Å². The van der Waals surface area contributed by atoms with Crippen LogP contribution in [0.2, 0.25) is 0 Å². The van der Waals surface area contributed by atoms with Gasteiger partial charge in [-0.2, -0.15) is 0 Å². The molecule has 0 spiro atoms. The lowest BCUT2D eigenvalue weighted by Gasteiger charge is -2.14. The fraction of sp³-hybridized carbons (Fsp3) is 0.0526. The van der Waals surface area contributed by atoms with E-state index in [0.29, 0.717) is 12.3 Å². The lowest BCUT2D eigenvalue weighted by Crippen LogP contribution is -2.00. The molecular formula is C19H17NO. The summed E-state index contributed by atoms with van der Waals surface area (Å²) in [5.74, 6) is 0.743.